The molecule has 0 bridgehead atoms. The normalized spacial score (nSPS) is 11.6. The van der Waals surface area contributed by atoms with Crippen LogP contribution in [0.2, 0.25) is 0 Å². The zero-order valence-electron chi connectivity index (χ0n) is 13.6. The van der Waals surface area contributed by atoms with E-state index in [1.165, 1.54) is 12.1 Å². The van der Waals surface area contributed by atoms with E-state index >= 15 is 0 Å². The van der Waals surface area contributed by atoms with Crippen LogP contribution in [0.25, 0.3) is 0 Å². The number of hydrogen-bond donors (Lipinski definition) is 2. The molecule has 0 saturated heterocycles. The first-order valence-corrected chi connectivity index (χ1v) is 7.52. The second-order valence-corrected chi connectivity index (χ2v) is 5.47. The zero-order valence-corrected chi connectivity index (χ0v) is 13.6. The van der Waals surface area contributed by atoms with E-state index in [4.69, 9.17) is 4.74 Å². The Kier molecular flexibility index (Phi) is 7.35. The molecular formula is C16H23F3N2O2. The highest BCUT2D eigenvalue weighted by molar-refractivity contribution is 5.75. The van der Waals surface area contributed by atoms with E-state index in [1.807, 2.05) is 0 Å². The molecule has 0 radical (unpaired) electrons. The number of rotatable bonds is 8. The SMILES string of the molecule is CNCCCC(=O)NCc1ccc(OC(C)C)cc1C(F)(F)F. The quantitative estimate of drug-likeness (QED) is 0.719. The topological polar surface area (TPSA) is 50.4 Å². The predicted octanol–water partition coefficient (Wildman–Crippen LogP) is 3.11. The Morgan fingerprint density at radius 2 is 2.00 bits per heavy atom. The molecule has 0 fully saturated rings. The maximum absolute atomic E-state index is 13.2. The van der Waals surface area contributed by atoms with Crippen LogP contribution in [0, 0.1) is 0 Å². The smallest absolute Gasteiger partial charge is 0.416 e. The molecule has 0 unspecified atom stereocenters. The number of carbonyl (C=O) groups is 1. The first-order valence-electron chi connectivity index (χ1n) is 7.52. The van der Waals surface area contributed by atoms with E-state index in [2.05, 4.69) is 10.6 Å². The second-order valence-electron chi connectivity index (χ2n) is 5.47. The summed E-state index contributed by atoms with van der Waals surface area (Å²) in [6.07, 6.45) is -3.80. The number of nitrogens with one attached hydrogen (secondary N) is 2. The van der Waals surface area contributed by atoms with Crippen LogP contribution in [0.4, 0.5) is 13.2 Å². The van der Waals surface area contributed by atoms with Gasteiger partial charge in [0.05, 0.1) is 11.7 Å². The van der Waals surface area contributed by atoms with Gasteiger partial charge in [-0.25, -0.2) is 0 Å². The highest BCUT2D eigenvalue weighted by atomic mass is 19.4. The summed E-state index contributed by atoms with van der Waals surface area (Å²) in [6, 6.07) is 3.80. The van der Waals surface area contributed by atoms with Crippen LogP contribution in [0.1, 0.15) is 37.8 Å². The number of carbonyl (C=O) groups excluding carboxylic acids is 1. The lowest BCUT2D eigenvalue weighted by molar-refractivity contribution is -0.138. The molecule has 0 spiro atoms. The molecule has 23 heavy (non-hydrogen) atoms. The monoisotopic (exact) mass is 332 g/mol. The summed E-state index contributed by atoms with van der Waals surface area (Å²) in [5.74, 6) is -0.104. The van der Waals surface area contributed by atoms with Gasteiger partial charge in [0.1, 0.15) is 5.75 Å². The summed E-state index contributed by atoms with van der Waals surface area (Å²) in [7, 11) is 1.77. The van der Waals surface area contributed by atoms with E-state index in [-0.39, 0.29) is 36.3 Å². The number of benzene rings is 1. The Hall–Kier alpha value is -1.76. The van der Waals surface area contributed by atoms with Gasteiger partial charge in [-0.05, 0) is 51.6 Å². The van der Waals surface area contributed by atoms with Gasteiger partial charge in [0.2, 0.25) is 5.91 Å². The molecule has 0 aliphatic heterocycles. The molecule has 0 aliphatic rings. The first kappa shape index (κ1) is 19.3. The Balaban J connectivity index is 2.79. The molecule has 7 heteroatoms. The van der Waals surface area contributed by atoms with Crippen molar-refractivity contribution in [1.29, 1.82) is 0 Å². The fourth-order valence-electron chi connectivity index (χ4n) is 2.03. The highest BCUT2D eigenvalue weighted by Gasteiger charge is 2.33. The molecule has 1 aromatic rings. The molecule has 1 aromatic carbocycles. The molecule has 4 nitrogen and oxygen atoms in total. The lowest BCUT2D eigenvalue weighted by Gasteiger charge is -2.17. The number of halogens is 3. The zero-order chi connectivity index (χ0) is 17.5. The van der Waals surface area contributed by atoms with E-state index in [0.717, 1.165) is 6.07 Å². The maximum Gasteiger partial charge on any atom is 0.416 e. The lowest BCUT2D eigenvalue weighted by Crippen LogP contribution is -2.25. The minimum Gasteiger partial charge on any atom is -0.491 e. The molecule has 2 N–H and O–H groups in total. The van der Waals surface area contributed by atoms with Crippen molar-refractivity contribution in [3.05, 3.63) is 29.3 Å². The minimum absolute atomic E-state index is 0.0237. The second kappa shape index (κ2) is 8.76. The van der Waals surface area contributed by atoms with E-state index < -0.39 is 11.7 Å². The van der Waals surface area contributed by atoms with Gasteiger partial charge in [-0.2, -0.15) is 13.2 Å². The highest BCUT2D eigenvalue weighted by Crippen LogP contribution is 2.34. The van der Waals surface area contributed by atoms with Crippen molar-refractivity contribution in [3.63, 3.8) is 0 Å². The summed E-state index contributed by atoms with van der Waals surface area (Å²) >= 11 is 0. The standard InChI is InChI=1S/C16H23F3N2O2/c1-11(2)23-13-7-6-12(14(9-13)16(17,18)19)10-21-15(22)5-4-8-20-3/h6-7,9,11,20H,4-5,8,10H2,1-3H3,(H,21,22). The number of amides is 1. The van der Waals surface area contributed by atoms with Gasteiger partial charge in [0, 0.05) is 13.0 Å². The van der Waals surface area contributed by atoms with Gasteiger partial charge in [0.25, 0.3) is 0 Å². The molecule has 0 aliphatic carbocycles. The van der Waals surface area contributed by atoms with Crippen LogP contribution in [0.15, 0.2) is 18.2 Å². The van der Waals surface area contributed by atoms with Crippen LogP contribution in [0.5, 0.6) is 5.75 Å². The van der Waals surface area contributed by atoms with Gasteiger partial charge in [-0.3, -0.25) is 4.79 Å². The number of alkyl halides is 3. The van der Waals surface area contributed by atoms with E-state index in [9.17, 15) is 18.0 Å². The maximum atomic E-state index is 13.2. The van der Waals surface area contributed by atoms with Crippen LogP contribution < -0.4 is 15.4 Å². The van der Waals surface area contributed by atoms with Crippen LogP contribution >= 0.6 is 0 Å². The van der Waals surface area contributed by atoms with Gasteiger partial charge in [-0.1, -0.05) is 6.07 Å². The summed E-state index contributed by atoms with van der Waals surface area (Å²) in [5, 5.41) is 5.43. The fourth-order valence-corrected chi connectivity index (χ4v) is 2.03. The van der Waals surface area contributed by atoms with Gasteiger partial charge >= 0.3 is 6.18 Å². The average molecular weight is 332 g/mol. The third-order valence-electron chi connectivity index (χ3n) is 3.07. The van der Waals surface area contributed by atoms with Crippen LogP contribution in [-0.4, -0.2) is 25.6 Å². The van der Waals surface area contributed by atoms with Crippen LogP contribution in [0.3, 0.4) is 0 Å². The Labute approximate surface area is 134 Å². The van der Waals surface area contributed by atoms with E-state index in [1.54, 1.807) is 20.9 Å². The lowest BCUT2D eigenvalue weighted by atomic mass is 10.1. The molecule has 1 amide bonds. The van der Waals surface area contributed by atoms with Crippen molar-refractivity contribution in [2.24, 2.45) is 0 Å². The Morgan fingerprint density at radius 3 is 2.57 bits per heavy atom. The molecular weight excluding hydrogens is 309 g/mol. The summed E-state index contributed by atoms with van der Waals surface area (Å²) < 4.78 is 44.8. The minimum atomic E-state index is -4.50. The summed E-state index contributed by atoms with van der Waals surface area (Å²) in [5.41, 5.74) is -0.762. The van der Waals surface area contributed by atoms with Crippen molar-refractivity contribution in [1.82, 2.24) is 10.6 Å². The third-order valence-corrected chi connectivity index (χ3v) is 3.07. The summed E-state index contributed by atoms with van der Waals surface area (Å²) in [6.45, 7) is 4.01. The van der Waals surface area contributed by atoms with Crippen molar-refractivity contribution in [3.8, 4) is 5.75 Å². The summed E-state index contributed by atoms with van der Waals surface area (Å²) in [4.78, 5) is 11.6. The molecule has 130 valence electrons. The van der Waals surface area contributed by atoms with Crippen molar-refractivity contribution < 1.29 is 22.7 Å². The van der Waals surface area contributed by atoms with Crippen molar-refractivity contribution in [2.45, 2.75) is 45.5 Å². The average Bonchev–Trinajstić information content (AvgIpc) is 2.44. The predicted molar refractivity (Wildman–Crippen MR) is 82.2 cm³/mol. The van der Waals surface area contributed by atoms with Crippen LogP contribution in [-0.2, 0) is 17.5 Å². The molecule has 0 heterocycles. The first-order chi connectivity index (χ1) is 10.7. The van der Waals surface area contributed by atoms with Gasteiger partial charge in [0.15, 0.2) is 0 Å². The molecule has 0 aromatic heterocycles. The van der Waals surface area contributed by atoms with Gasteiger partial charge in [-0.15, -0.1) is 0 Å². The third kappa shape index (κ3) is 6.90. The van der Waals surface area contributed by atoms with Crippen molar-refractivity contribution >= 4 is 5.91 Å². The molecule has 1 rings (SSSR count). The number of hydrogen-bond acceptors (Lipinski definition) is 3. The Bertz CT molecular complexity index is 517. The van der Waals surface area contributed by atoms with Crippen molar-refractivity contribution in [2.75, 3.05) is 13.6 Å². The molecule has 0 atom stereocenters. The van der Waals surface area contributed by atoms with Gasteiger partial charge < -0.3 is 15.4 Å². The number of ether oxygens (including phenoxy) is 1. The largest absolute Gasteiger partial charge is 0.491 e. The van der Waals surface area contributed by atoms with E-state index in [0.29, 0.717) is 13.0 Å². The fraction of sp³-hybridized carbons (Fsp3) is 0.562. The molecule has 0 saturated carbocycles. The Morgan fingerprint density at radius 1 is 1.30 bits per heavy atom.